The van der Waals surface area contributed by atoms with E-state index in [9.17, 15) is 0 Å². The van der Waals surface area contributed by atoms with Crippen molar-refractivity contribution in [3.8, 4) is 0 Å². The molecule has 0 saturated carbocycles. The van der Waals surface area contributed by atoms with Gasteiger partial charge in [-0.25, -0.2) is 9.97 Å². The lowest BCUT2D eigenvalue weighted by Crippen LogP contribution is -2.10. The first-order valence-electron chi connectivity index (χ1n) is 8.10. The molecular formula is C20H17N5. The number of para-hydroxylation sites is 1. The first-order valence-corrected chi connectivity index (χ1v) is 8.10. The second-order valence-corrected chi connectivity index (χ2v) is 5.59. The number of rotatable bonds is 4. The summed E-state index contributed by atoms with van der Waals surface area (Å²) in [6, 6.07) is 18.3. The van der Waals surface area contributed by atoms with Crippen LogP contribution in [0.15, 0.2) is 78.1 Å². The lowest BCUT2D eigenvalue weighted by atomic mass is 10.2. The van der Waals surface area contributed by atoms with Gasteiger partial charge >= 0.3 is 0 Å². The predicted molar refractivity (Wildman–Crippen MR) is 102 cm³/mol. The Morgan fingerprint density at radius 2 is 1.76 bits per heavy atom. The number of aliphatic imine (C=N–C) groups is 1. The smallest absolute Gasteiger partial charge is 0.178 e. The van der Waals surface area contributed by atoms with Crippen molar-refractivity contribution in [3.63, 3.8) is 0 Å². The molecular weight excluding hydrogens is 310 g/mol. The van der Waals surface area contributed by atoms with Gasteiger partial charge in [-0.2, -0.15) is 0 Å². The third kappa shape index (κ3) is 3.40. The SMILES string of the molecule is C1=CNC(c2nc(NCc3ccccc3)c3ccccc3n2)=CC=N1. The second kappa shape index (κ2) is 6.97. The summed E-state index contributed by atoms with van der Waals surface area (Å²) < 4.78 is 0. The van der Waals surface area contributed by atoms with Crippen molar-refractivity contribution in [2.45, 2.75) is 6.54 Å². The molecule has 3 aromatic rings. The minimum Gasteiger partial charge on any atom is -0.365 e. The van der Waals surface area contributed by atoms with E-state index >= 15 is 0 Å². The van der Waals surface area contributed by atoms with Crippen molar-refractivity contribution in [2.24, 2.45) is 4.99 Å². The summed E-state index contributed by atoms with van der Waals surface area (Å²) in [5.74, 6) is 1.45. The highest BCUT2D eigenvalue weighted by molar-refractivity contribution is 5.91. The third-order valence-electron chi connectivity index (χ3n) is 3.87. The monoisotopic (exact) mass is 327 g/mol. The Kier molecular flexibility index (Phi) is 4.20. The van der Waals surface area contributed by atoms with Crippen molar-refractivity contribution in [1.29, 1.82) is 0 Å². The van der Waals surface area contributed by atoms with Crippen LogP contribution in [0.25, 0.3) is 16.6 Å². The molecule has 0 aliphatic carbocycles. The molecule has 0 amide bonds. The molecule has 122 valence electrons. The zero-order valence-corrected chi connectivity index (χ0v) is 13.6. The number of allylic oxidation sites excluding steroid dienone is 1. The quantitative estimate of drug-likeness (QED) is 0.766. The molecule has 1 aromatic heterocycles. The summed E-state index contributed by atoms with van der Waals surface area (Å²) in [6.45, 7) is 0.703. The van der Waals surface area contributed by atoms with Gasteiger partial charge in [-0.05, 0) is 23.8 Å². The van der Waals surface area contributed by atoms with Crippen molar-refractivity contribution >= 4 is 28.6 Å². The molecule has 1 aliphatic heterocycles. The molecule has 2 heterocycles. The molecule has 0 unspecified atom stereocenters. The molecule has 2 aromatic carbocycles. The van der Waals surface area contributed by atoms with E-state index < -0.39 is 0 Å². The van der Waals surface area contributed by atoms with Gasteiger partial charge in [0.2, 0.25) is 0 Å². The van der Waals surface area contributed by atoms with Crippen molar-refractivity contribution < 1.29 is 0 Å². The Hall–Kier alpha value is -3.47. The largest absolute Gasteiger partial charge is 0.365 e. The molecule has 0 bridgehead atoms. The van der Waals surface area contributed by atoms with Crippen LogP contribution in [0.4, 0.5) is 5.82 Å². The number of hydrogen-bond acceptors (Lipinski definition) is 5. The van der Waals surface area contributed by atoms with Gasteiger partial charge in [0.05, 0.1) is 11.2 Å². The first kappa shape index (κ1) is 15.1. The Balaban J connectivity index is 1.72. The Morgan fingerprint density at radius 1 is 0.920 bits per heavy atom. The number of benzene rings is 2. The van der Waals surface area contributed by atoms with E-state index in [1.54, 1.807) is 18.6 Å². The highest BCUT2D eigenvalue weighted by Crippen LogP contribution is 2.23. The number of anilines is 1. The summed E-state index contributed by atoms with van der Waals surface area (Å²) in [5, 5.41) is 7.61. The zero-order valence-electron chi connectivity index (χ0n) is 13.6. The Labute approximate surface area is 145 Å². The van der Waals surface area contributed by atoms with Gasteiger partial charge in [-0.1, -0.05) is 42.5 Å². The van der Waals surface area contributed by atoms with E-state index in [4.69, 9.17) is 4.98 Å². The van der Waals surface area contributed by atoms with Gasteiger partial charge in [0.25, 0.3) is 0 Å². The van der Waals surface area contributed by atoms with Crippen molar-refractivity contribution in [2.75, 3.05) is 5.32 Å². The van der Waals surface area contributed by atoms with Gasteiger partial charge in [0, 0.05) is 30.5 Å². The van der Waals surface area contributed by atoms with Crippen molar-refractivity contribution in [1.82, 2.24) is 15.3 Å². The van der Waals surface area contributed by atoms with Crippen LogP contribution in [0.2, 0.25) is 0 Å². The molecule has 5 nitrogen and oxygen atoms in total. The van der Waals surface area contributed by atoms with E-state index in [2.05, 4.69) is 32.7 Å². The van der Waals surface area contributed by atoms with Gasteiger partial charge in [-0.15, -0.1) is 0 Å². The molecule has 0 radical (unpaired) electrons. The van der Waals surface area contributed by atoms with Crippen LogP contribution in [-0.2, 0) is 6.54 Å². The maximum atomic E-state index is 4.73. The summed E-state index contributed by atoms with van der Waals surface area (Å²) in [7, 11) is 0. The fourth-order valence-corrected chi connectivity index (χ4v) is 2.64. The maximum Gasteiger partial charge on any atom is 0.178 e. The number of nitrogens with one attached hydrogen (secondary N) is 2. The van der Waals surface area contributed by atoms with Crippen LogP contribution in [0.1, 0.15) is 11.4 Å². The van der Waals surface area contributed by atoms with E-state index in [1.807, 2.05) is 48.5 Å². The van der Waals surface area contributed by atoms with E-state index in [0.29, 0.717) is 12.4 Å². The molecule has 0 atom stereocenters. The maximum absolute atomic E-state index is 4.73. The van der Waals surface area contributed by atoms with E-state index in [0.717, 1.165) is 22.4 Å². The number of fused-ring (bicyclic) bond motifs is 1. The van der Waals surface area contributed by atoms with Crippen LogP contribution < -0.4 is 10.6 Å². The van der Waals surface area contributed by atoms with Gasteiger partial charge in [-0.3, -0.25) is 4.99 Å². The number of hydrogen-bond donors (Lipinski definition) is 2. The molecule has 1 aliphatic rings. The fourth-order valence-electron chi connectivity index (χ4n) is 2.64. The van der Waals surface area contributed by atoms with Gasteiger partial charge in [0.15, 0.2) is 5.82 Å². The minimum atomic E-state index is 0.632. The molecule has 0 fully saturated rings. The van der Waals surface area contributed by atoms with Crippen LogP contribution in [0.3, 0.4) is 0 Å². The summed E-state index contributed by atoms with van der Waals surface area (Å²) in [4.78, 5) is 13.5. The van der Waals surface area contributed by atoms with Crippen molar-refractivity contribution in [3.05, 3.63) is 84.5 Å². The summed E-state index contributed by atoms with van der Waals surface area (Å²) >= 11 is 0. The van der Waals surface area contributed by atoms with E-state index in [1.165, 1.54) is 5.56 Å². The first-order chi connectivity index (χ1) is 12.4. The van der Waals surface area contributed by atoms with Gasteiger partial charge in [0.1, 0.15) is 5.82 Å². The zero-order chi connectivity index (χ0) is 16.9. The lowest BCUT2D eigenvalue weighted by Gasteiger charge is -2.12. The molecule has 0 spiro atoms. The Morgan fingerprint density at radius 3 is 2.68 bits per heavy atom. The Bertz CT molecular complexity index is 974. The average Bonchev–Trinajstić information content (AvgIpc) is 2.96. The minimum absolute atomic E-state index is 0.632. The highest BCUT2D eigenvalue weighted by Gasteiger charge is 2.11. The highest BCUT2D eigenvalue weighted by atomic mass is 15.1. The molecule has 2 N–H and O–H groups in total. The summed E-state index contributed by atoms with van der Waals surface area (Å²) in [5.41, 5.74) is 2.91. The number of aromatic nitrogens is 2. The predicted octanol–water partition coefficient (Wildman–Crippen LogP) is 3.73. The van der Waals surface area contributed by atoms with Crippen LogP contribution >= 0.6 is 0 Å². The lowest BCUT2D eigenvalue weighted by molar-refractivity contribution is 1.06. The topological polar surface area (TPSA) is 62.2 Å². The normalized spacial score (nSPS) is 13.2. The molecule has 0 saturated heterocycles. The van der Waals surface area contributed by atoms with Gasteiger partial charge < -0.3 is 10.6 Å². The van der Waals surface area contributed by atoms with E-state index in [-0.39, 0.29) is 0 Å². The van der Waals surface area contributed by atoms with Crippen LogP contribution in [0, 0.1) is 0 Å². The number of nitrogens with zero attached hydrogens (tertiary/aromatic N) is 3. The fraction of sp³-hybridized carbons (Fsp3) is 0.0500. The molecule has 5 heteroatoms. The van der Waals surface area contributed by atoms with Crippen LogP contribution in [-0.4, -0.2) is 16.2 Å². The second-order valence-electron chi connectivity index (χ2n) is 5.59. The molecule has 4 rings (SSSR count). The average molecular weight is 327 g/mol. The van der Waals surface area contributed by atoms with Crippen LogP contribution in [0.5, 0.6) is 0 Å². The molecule has 25 heavy (non-hydrogen) atoms. The third-order valence-corrected chi connectivity index (χ3v) is 3.87. The standard InChI is InChI=1S/C20H17N5/c1-2-6-15(7-3-1)14-23-19-16-8-4-5-9-17(16)24-20(25-19)18-10-11-21-12-13-22-18/h1-13,22H,14H2,(H,23,24,25). The summed E-state index contributed by atoms with van der Waals surface area (Å²) in [6.07, 6.45) is 7.05.